The van der Waals surface area contributed by atoms with Crippen LogP contribution in [0.4, 0.5) is 4.79 Å². The largest absolute Gasteiger partial charge is 0.338 e. The molecule has 0 spiro atoms. The van der Waals surface area contributed by atoms with Gasteiger partial charge < -0.3 is 5.32 Å². The van der Waals surface area contributed by atoms with Gasteiger partial charge in [-0.05, 0) is 25.5 Å². The van der Waals surface area contributed by atoms with Crippen LogP contribution < -0.4 is 16.2 Å². The Bertz CT molecular complexity index is 782. The monoisotopic (exact) mass is 316 g/mol. The Morgan fingerprint density at radius 2 is 2.00 bits per heavy atom. The van der Waals surface area contributed by atoms with Gasteiger partial charge in [0.15, 0.2) is 0 Å². The first-order chi connectivity index (χ1) is 11.0. The van der Waals surface area contributed by atoms with E-state index in [0.717, 1.165) is 12.8 Å². The minimum Gasteiger partial charge on any atom is -0.338 e. The van der Waals surface area contributed by atoms with Crippen molar-refractivity contribution in [2.75, 3.05) is 6.54 Å². The molecule has 1 heterocycles. The Labute approximate surface area is 133 Å². The predicted molar refractivity (Wildman–Crippen MR) is 87.2 cm³/mol. The van der Waals surface area contributed by atoms with E-state index in [2.05, 4.69) is 15.6 Å². The molecule has 122 valence electrons. The summed E-state index contributed by atoms with van der Waals surface area (Å²) in [6.45, 7) is 3.92. The second-order valence-electron chi connectivity index (χ2n) is 5.23. The third kappa shape index (κ3) is 4.15. The van der Waals surface area contributed by atoms with Gasteiger partial charge in [-0.2, -0.15) is 0 Å². The van der Waals surface area contributed by atoms with E-state index in [1.807, 2.05) is 6.92 Å². The van der Waals surface area contributed by atoms with Crippen LogP contribution in [0.15, 0.2) is 29.1 Å². The van der Waals surface area contributed by atoms with Crippen LogP contribution in [0.3, 0.4) is 0 Å². The van der Waals surface area contributed by atoms with Gasteiger partial charge in [-0.15, -0.1) is 0 Å². The molecular formula is C16H20N4O3. The number of amides is 3. The highest BCUT2D eigenvalue weighted by Gasteiger charge is 2.13. The maximum absolute atomic E-state index is 12.4. The number of unbranched alkanes of at least 4 members (excludes halogenated alkanes) is 1. The number of hydrogen-bond donors (Lipinski definition) is 2. The first-order valence-electron chi connectivity index (χ1n) is 7.56. The number of hydrogen-bond acceptors (Lipinski definition) is 4. The van der Waals surface area contributed by atoms with Crippen LogP contribution in [-0.2, 0) is 11.3 Å². The molecule has 3 amide bonds. The molecule has 0 aliphatic heterocycles. The number of para-hydroxylation sites is 1. The number of aryl methyl sites for hydroxylation is 1. The molecule has 0 aliphatic rings. The average molecular weight is 316 g/mol. The fourth-order valence-electron chi connectivity index (χ4n) is 2.20. The van der Waals surface area contributed by atoms with Crippen LogP contribution >= 0.6 is 0 Å². The summed E-state index contributed by atoms with van der Waals surface area (Å²) in [6, 6.07) is 6.40. The molecular weight excluding hydrogens is 296 g/mol. The Balaban J connectivity index is 2.11. The van der Waals surface area contributed by atoms with E-state index in [1.165, 1.54) is 4.57 Å². The first-order valence-corrected chi connectivity index (χ1v) is 7.56. The molecule has 1 aromatic heterocycles. The number of nitrogens with one attached hydrogen (secondary N) is 2. The second kappa shape index (κ2) is 7.53. The number of fused-ring (bicyclic) bond motifs is 1. The van der Waals surface area contributed by atoms with E-state index in [-0.39, 0.29) is 12.1 Å². The van der Waals surface area contributed by atoms with Gasteiger partial charge in [0.25, 0.3) is 5.56 Å². The van der Waals surface area contributed by atoms with E-state index < -0.39 is 11.9 Å². The number of benzene rings is 1. The molecule has 0 aliphatic carbocycles. The van der Waals surface area contributed by atoms with Gasteiger partial charge in [-0.1, -0.05) is 25.5 Å². The zero-order valence-corrected chi connectivity index (χ0v) is 13.3. The molecule has 7 nitrogen and oxygen atoms in total. The van der Waals surface area contributed by atoms with Crippen molar-refractivity contribution in [1.82, 2.24) is 20.2 Å². The molecule has 2 N–H and O–H groups in total. The van der Waals surface area contributed by atoms with E-state index >= 15 is 0 Å². The van der Waals surface area contributed by atoms with E-state index in [1.54, 1.807) is 31.2 Å². The van der Waals surface area contributed by atoms with Crippen LogP contribution in [0, 0.1) is 6.92 Å². The summed E-state index contributed by atoms with van der Waals surface area (Å²) < 4.78 is 1.26. The Morgan fingerprint density at radius 3 is 2.74 bits per heavy atom. The fourth-order valence-corrected chi connectivity index (χ4v) is 2.20. The molecule has 23 heavy (non-hydrogen) atoms. The number of urea groups is 1. The van der Waals surface area contributed by atoms with Crippen molar-refractivity contribution < 1.29 is 9.59 Å². The molecule has 7 heteroatoms. The summed E-state index contributed by atoms with van der Waals surface area (Å²) in [7, 11) is 0. The molecule has 2 rings (SSSR count). The minimum absolute atomic E-state index is 0.246. The van der Waals surface area contributed by atoms with Crippen molar-refractivity contribution in [3.8, 4) is 0 Å². The van der Waals surface area contributed by atoms with Gasteiger partial charge in [0.1, 0.15) is 12.4 Å². The van der Waals surface area contributed by atoms with Crippen molar-refractivity contribution in [3.05, 3.63) is 40.4 Å². The van der Waals surface area contributed by atoms with Gasteiger partial charge in [-0.3, -0.25) is 19.5 Å². The van der Waals surface area contributed by atoms with Crippen molar-refractivity contribution in [3.63, 3.8) is 0 Å². The zero-order valence-electron chi connectivity index (χ0n) is 13.3. The van der Waals surface area contributed by atoms with Gasteiger partial charge in [0, 0.05) is 6.54 Å². The summed E-state index contributed by atoms with van der Waals surface area (Å²) >= 11 is 0. The van der Waals surface area contributed by atoms with Crippen LogP contribution in [0.1, 0.15) is 25.6 Å². The summed E-state index contributed by atoms with van der Waals surface area (Å²) in [4.78, 5) is 40.2. The summed E-state index contributed by atoms with van der Waals surface area (Å²) in [5.74, 6) is -0.128. The number of imide groups is 1. The highest BCUT2D eigenvalue weighted by atomic mass is 16.2. The molecule has 0 unspecified atom stereocenters. The zero-order chi connectivity index (χ0) is 16.8. The van der Waals surface area contributed by atoms with Crippen LogP contribution in [0.5, 0.6) is 0 Å². The van der Waals surface area contributed by atoms with Gasteiger partial charge in [-0.25, -0.2) is 9.78 Å². The quantitative estimate of drug-likeness (QED) is 0.814. The number of carbonyl (C=O) groups is 2. The highest BCUT2D eigenvalue weighted by Crippen LogP contribution is 2.07. The summed E-state index contributed by atoms with van der Waals surface area (Å²) in [5, 5.41) is 5.24. The third-order valence-corrected chi connectivity index (χ3v) is 3.42. The van der Waals surface area contributed by atoms with E-state index in [4.69, 9.17) is 0 Å². The van der Waals surface area contributed by atoms with E-state index in [0.29, 0.717) is 23.3 Å². The maximum Gasteiger partial charge on any atom is 0.321 e. The Hall–Kier alpha value is -2.70. The minimum atomic E-state index is -0.554. The number of nitrogens with zero attached hydrogens (tertiary/aromatic N) is 2. The highest BCUT2D eigenvalue weighted by molar-refractivity contribution is 5.94. The van der Waals surface area contributed by atoms with Crippen molar-refractivity contribution in [1.29, 1.82) is 0 Å². The summed E-state index contributed by atoms with van der Waals surface area (Å²) in [5.41, 5.74) is 0.290. The molecule has 0 atom stereocenters. The molecule has 2 aromatic rings. The fraction of sp³-hybridized carbons (Fsp3) is 0.375. The van der Waals surface area contributed by atoms with Gasteiger partial charge in [0.2, 0.25) is 5.91 Å². The smallest absolute Gasteiger partial charge is 0.321 e. The van der Waals surface area contributed by atoms with Gasteiger partial charge in [0.05, 0.1) is 10.9 Å². The lowest BCUT2D eigenvalue weighted by Crippen LogP contribution is -2.42. The number of rotatable bonds is 5. The maximum atomic E-state index is 12.4. The molecule has 1 aromatic carbocycles. The third-order valence-electron chi connectivity index (χ3n) is 3.42. The molecule has 0 saturated carbocycles. The summed E-state index contributed by atoms with van der Waals surface area (Å²) in [6.07, 6.45) is 1.79. The molecule has 0 saturated heterocycles. The topological polar surface area (TPSA) is 93.1 Å². The van der Waals surface area contributed by atoms with Gasteiger partial charge >= 0.3 is 6.03 Å². The van der Waals surface area contributed by atoms with E-state index in [9.17, 15) is 14.4 Å². The lowest BCUT2D eigenvalue weighted by atomic mass is 10.2. The Kier molecular flexibility index (Phi) is 5.46. The van der Waals surface area contributed by atoms with Crippen LogP contribution in [-0.4, -0.2) is 28.0 Å². The first kappa shape index (κ1) is 16.7. The predicted octanol–water partition coefficient (Wildman–Crippen LogP) is 1.33. The number of aromatic nitrogens is 2. The SMILES string of the molecule is CCCCNC(=O)NC(=O)Cn1c(C)nc2ccccc2c1=O. The molecule has 0 radical (unpaired) electrons. The molecule has 0 bridgehead atoms. The van der Waals surface area contributed by atoms with Crippen molar-refractivity contribution in [2.24, 2.45) is 0 Å². The molecule has 0 fully saturated rings. The number of carbonyl (C=O) groups excluding carboxylic acids is 2. The van der Waals surface area contributed by atoms with Crippen molar-refractivity contribution in [2.45, 2.75) is 33.2 Å². The Morgan fingerprint density at radius 1 is 1.26 bits per heavy atom. The lowest BCUT2D eigenvalue weighted by Gasteiger charge is -2.11. The second-order valence-corrected chi connectivity index (χ2v) is 5.23. The lowest BCUT2D eigenvalue weighted by molar-refractivity contribution is -0.120. The standard InChI is InChI=1S/C16H20N4O3/c1-3-4-9-17-16(23)19-14(21)10-20-11(2)18-13-8-6-5-7-12(13)15(20)22/h5-8H,3-4,9-10H2,1-2H3,(H2,17,19,21,23). The normalized spacial score (nSPS) is 10.5. The van der Waals surface area contributed by atoms with Crippen molar-refractivity contribution >= 4 is 22.8 Å². The van der Waals surface area contributed by atoms with Crippen LogP contribution in [0.2, 0.25) is 0 Å². The average Bonchev–Trinajstić information content (AvgIpc) is 2.51. The van der Waals surface area contributed by atoms with Crippen LogP contribution in [0.25, 0.3) is 10.9 Å².